The zero-order valence-electron chi connectivity index (χ0n) is 23.2. The summed E-state index contributed by atoms with van der Waals surface area (Å²) < 4.78 is 9.35. The summed E-state index contributed by atoms with van der Waals surface area (Å²) in [4.78, 5) is 2.36. The highest BCUT2D eigenvalue weighted by Gasteiger charge is 2.22. The van der Waals surface area contributed by atoms with E-state index >= 15 is 0 Å². The van der Waals surface area contributed by atoms with Crippen LogP contribution in [-0.2, 0) is 0 Å². The lowest BCUT2D eigenvalue weighted by Gasteiger charge is -2.27. The number of fused-ring (bicyclic) bond motifs is 8. The van der Waals surface area contributed by atoms with Gasteiger partial charge in [0, 0.05) is 53.1 Å². The molecule has 0 fully saturated rings. The third-order valence-electron chi connectivity index (χ3n) is 8.44. The average Bonchev–Trinajstić information content (AvgIpc) is 3.65. The van der Waals surface area contributed by atoms with Crippen LogP contribution in [0, 0.1) is 0 Å². The van der Waals surface area contributed by atoms with Crippen molar-refractivity contribution >= 4 is 81.3 Å². The summed E-state index contributed by atoms with van der Waals surface area (Å²) in [5, 5.41) is 7.12. The second kappa shape index (κ2) is 9.59. The van der Waals surface area contributed by atoms with Crippen molar-refractivity contribution in [2.45, 2.75) is 0 Å². The molecule has 0 amide bonds. The van der Waals surface area contributed by atoms with Crippen molar-refractivity contribution in [1.82, 2.24) is 0 Å². The predicted molar refractivity (Wildman–Crippen MR) is 184 cm³/mol. The number of rotatable bonds is 4. The molecule has 0 saturated carbocycles. The molecule has 7 aromatic carbocycles. The number of para-hydroxylation sites is 2. The van der Waals surface area contributed by atoms with Crippen molar-refractivity contribution < 1.29 is 4.42 Å². The lowest BCUT2D eigenvalue weighted by molar-refractivity contribution is 0.673. The van der Waals surface area contributed by atoms with E-state index in [1.54, 1.807) is 0 Å². The second-order valence-corrected chi connectivity index (χ2v) is 12.0. The van der Waals surface area contributed by atoms with Crippen LogP contribution in [0.15, 0.2) is 156 Å². The van der Waals surface area contributed by atoms with Crippen molar-refractivity contribution in [2.24, 2.45) is 0 Å². The molecule has 2 aromatic heterocycles. The Bertz CT molecular complexity index is 2420. The number of furan rings is 1. The van der Waals surface area contributed by atoms with Crippen LogP contribution in [0.4, 0.5) is 17.1 Å². The Hall–Kier alpha value is -5.38. The Balaban J connectivity index is 1.41. The molecule has 202 valence electrons. The Morgan fingerprint density at radius 3 is 1.77 bits per heavy atom. The summed E-state index contributed by atoms with van der Waals surface area (Å²) in [6.45, 7) is 0. The van der Waals surface area contributed by atoms with E-state index in [1.165, 1.54) is 31.3 Å². The molecule has 0 N–H and O–H groups in total. The smallest absolute Gasteiger partial charge is 0.143 e. The number of anilines is 3. The highest BCUT2D eigenvalue weighted by Crippen LogP contribution is 2.48. The van der Waals surface area contributed by atoms with E-state index in [0.29, 0.717) is 0 Å². The maximum atomic E-state index is 6.74. The van der Waals surface area contributed by atoms with Gasteiger partial charge in [-0.3, -0.25) is 0 Å². The van der Waals surface area contributed by atoms with E-state index in [0.717, 1.165) is 49.8 Å². The quantitative estimate of drug-likeness (QED) is 0.210. The van der Waals surface area contributed by atoms with Gasteiger partial charge in [0.05, 0.1) is 5.69 Å². The van der Waals surface area contributed by atoms with Gasteiger partial charge in [0.25, 0.3) is 0 Å². The van der Waals surface area contributed by atoms with Crippen molar-refractivity contribution in [3.05, 3.63) is 152 Å². The highest BCUT2D eigenvalue weighted by atomic mass is 32.1. The summed E-state index contributed by atoms with van der Waals surface area (Å²) >= 11 is 1.85. The molecular formula is C40H25NOS. The van der Waals surface area contributed by atoms with Gasteiger partial charge in [0.1, 0.15) is 11.2 Å². The lowest BCUT2D eigenvalue weighted by atomic mass is 9.94. The Morgan fingerprint density at radius 2 is 1.02 bits per heavy atom. The van der Waals surface area contributed by atoms with Crippen LogP contribution in [-0.4, -0.2) is 0 Å². The minimum atomic E-state index is 0.900. The van der Waals surface area contributed by atoms with Crippen molar-refractivity contribution in [1.29, 1.82) is 0 Å². The number of nitrogens with zero attached hydrogens (tertiary/aromatic N) is 1. The summed E-state index contributed by atoms with van der Waals surface area (Å²) in [6.07, 6.45) is 0. The van der Waals surface area contributed by atoms with Gasteiger partial charge >= 0.3 is 0 Å². The molecule has 0 aliphatic heterocycles. The van der Waals surface area contributed by atoms with Crippen LogP contribution in [0.3, 0.4) is 0 Å². The second-order valence-electron chi connectivity index (χ2n) is 10.9. The Kier molecular flexibility index (Phi) is 5.40. The van der Waals surface area contributed by atoms with Crippen LogP contribution in [0.5, 0.6) is 0 Å². The first-order valence-electron chi connectivity index (χ1n) is 14.5. The van der Waals surface area contributed by atoms with Gasteiger partial charge < -0.3 is 9.32 Å². The fourth-order valence-corrected chi connectivity index (χ4v) is 7.75. The number of benzene rings is 7. The van der Waals surface area contributed by atoms with Crippen molar-refractivity contribution in [2.75, 3.05) is 4.90 Å². The molecule has 2 heterocycles. The van der Waals surface area contributed by atoms with Crippen LogP contribution in [0.25, 0.3) is 64.0 Å². The van der Waals surface area contributed by atoms with Crippen molar-refractivity contribution in [3.63, 3.8) is 0 Å². The molecule has 3 heteroatoms. The molecular weight excluding hydrogens is 543 g/mol. The largest absolute Gasteiger partial charge is 0.455 e. The van der Waals surface area contributed by atoms with E-state index in [4.69, 9.17) is 4.42 Å². The van der Waals surface area contributed by atoms with E-state index in [1.807, 2.05) is 11.3 Å². The average molecular weight is 568 g/mol. The Morgan fingerprint density at radius 1 is 0.442 bits per heavy atom. The van der Waals surface area contributed by atoms with E-state index in [9.17, 15) is 0 Å². The van der Waals surface area contributed by atoms with Crippen LogP contribution in [0.2, 0.25) is 0 Å². The molecule has 43 heavy (non-hydrogen) atoms. The molecule has 0 spiro atoms. The van der Waals surface area contributed by atoms with E-state index in [-0.39, 0.29) is 0 Å². The highest BCUT2D eigenvalue weighted by molar-refractivity contribution is 7.25. The number of hydrogen-bond donors (Lipinski definition) is 0. The fraction of sp³-hybridized carbons (Fsp3) is 0. The summed E-state index contributed by atoms with van der Waals surface area (Å²) in [5.41, 5.74) is 7.60. The van der Waals surface area contributed by atoms with Gasteiger partial charge in [-0.05, 0) is 59.7 Å². The monoisotopic (exact) mass is 567 g/mol. The van der Waals surface area contributed by atoms with Gasteiger partial charge in [-0.25, -0.2) is 0 Å². The maximum Gasteiger partial charge on any atom is 0.143 e. The molecule has 0 aliphatic rings. The fourth-order valence-electron chi connectivity index (χ4n) is 6.62. The SMILES string of the molecule is c1ccc(N(c2ccccc2)c2cc3c(oc4cccc(-c5cccc6sc7ccccc7c56)c43)c3ccccc23)cc1. The van der Waals surface area contributed by atoms with Gasteiger partial charge in [-0.1, -0.05) is 103 Å². The molecule has 9 aromatic rings. The van der Waals surface area contributed by atoms with Gasteiger partial charge in [0.2, 0.25) is 0 Å². The normalized spacial score (nSPS) is 11.7. The minimum absolute atomic E-state index is 0.900. The zero-order chi connectivity index (χ0) is 28.3. The molecule has 0 saturated heterocycles. The standard InChI is InChI=1S/C40H25NOS/c1-3-13-26(14-4-1)41(27-15-5-2-6-16-27)34-25-33-38-29(20-11-22-35(38)42-40(33)31-18-8-7-17-28(31)34)30-21-12-24-37-39(30)32-19-9-10-23-36(32)43-37/h1-25H. The third-order valence-corrected chi connectivity index (χ3v) is 9.58. The summed E-state index contributed by atoms with van der Waals surface area (Å²) in [6, 6.07) is 54.1. The van der Waals surface area contributed by atoms with Gasteiger partial charge in [0.15, 0.2) is 0 Å². The molecule has 0 atom stereocenters. The lowest BCUT2D eigenvalue weighted by Crippen LogP contribution is -2.10. The summed E-state index contributed by atoms with van der Waals surface area (Å²) in [7, 11) is 0. The van der Waals surface area contributed by atoms with E-state index in [2.05, 4.69) is 157 Å². The minimum Gasteiger partial charge on any atom is -0.455 e. The van der Waals surface area contributed by atoms with Crippen LogP contribution in [0.1, 0.15) is 0 Å². The van der Waals surface area contributed by atoms with Crippen LogP contribution < -0.4 is 4.90 Å². The molecule has 9 rings (SSSR count). The molecule has 0 unspecified atom stereocenters. The predicted octanol–water partition coefficient (Wildman–Crippen LogP) is 12.2. The first kappa shape index (κ1) is 24.2. The van der Waals surface area contributed by atoms with Crippen LogP contribution >= 0.6 is 11.3 Å². The summed E-state index contributed by atoms with van der Waals surface area (Å²) in [5.74, 6) is 0. The first-order valence-corrected chi connectivity index (χ1v) is 15.3. The molecule has 0 aliphatic carbocycles. The topological polar surface area (TPSA) is 16.4 Å². The van der Waals surface area contributed by atoms with Gasteiger partial charge in [-0.15, -0.1) is 11.3 Å². The number of hydrogen-bond acceptors (Lipinski definition) is 3. The van der Waals surface area contributed by atoms with Crippen molar-refractivity contribution in [3.8, 4) is 11.1 Å². The van der Waals surface area contributed by atoms with E-state index < -0.39 is 0 Å². The maximum absolute atomic E-state index is 6.74. The first-order chi connectivity index (χ1) is 21.3. The zero-order valence-corrected chi connectivity index (χ0v) is 24.0. The van der Waals surface area contributed by atoms with Gasteiger partial charge in [-0.2, -0.15) is 0 Å². The molecule has 0 bridgehead atoms. The third kappa shape index (κ3) is 3.72. The number of thiophene rings is 1. The molecule has 2 nitrogen and oxygen atoms in total. The Labute approximate surface area is 252 Å². The molecule has 0 radical (unpaired) electrons.